The van der Waals surface area contributed by atoms with Gasteiger partial charge in [0.2, 0.25) is 0 Å². The van der Waals surface area contributed by atoms with Gasteiger partial charge in [0.15, 0.2) is 11.5 Å². The minimum absolute atomic E-state index is 0.0977. The van der Waals surface area contributed by atoms with E-state index in [-0.39, 0.29) is 12.4 Å². The lowest BCUT2D eigenvalue weighted by atomic mass is 9.84. The molecule has 0 saturated heterocycles. The number of rotatable bonds is 4. The molecule has 0 bridgehead atoms. The minimum Gasteiger partial charge on any atom is -0.486 e. The van der Waals surface area contributed by atoms with Gasteiger partial charge in [0.1, 0.15) is 25.6 Å². The second kappa shape index (κ2) is 6.51. The van der Waals surface area contributed by atoms with Crippen molar-refractivity contribution >= 4 is 5.97 Å². The highest BCUT2D eigenvalue weighted by atomic mass is 19.1. The first-order valence-corrected chi connectivity index (χ1v) is 7.79. The zero-order chi connectivity index (χ0) is 17.2. The van der Waals surface area contributed by atoms with E-state index in [0.717, 1.165) is 5.56 Å². The Bertz CT molecular complexity index is 755. The van der Waals surface area contributed by atoms with Gasteiger partial charge in [0.05, 0.1) is 5.41 Å². The summed E-state index contributed by atoms with van der Waals surface area (Å²) < 4.78 is 30.0. The molecule has 0 spiro atoms. The first-order valence-electron chi connectivity index (χ1n) is 7.79. The molecule has 24 heavy (non-hydrogen) atoms. The molecule has 0 saturated carbocycles. The lowest BCUT2D eigenvalue weighted by molar-refractivity contribution is -0.150. The van der Waals surface area contributed by atoms with Crippen molar-refractivity contribution in [1.82, 2.24) is 0 Å². The van der Waals surface area contributed by atoms with Crippen LogP contribution in [0.25, 0.3) is 0 Å². The summed E-state index contributed by atoms with van der Waals surface area (Å²) in [7, 11) is 0. The summed E-state index contributed by atoms with van der Waals surface area (Å²) in [6.45, 7) is 4.43. The molecule has 0 fully saturated rings. The molecular weight excluding hydrogens is 311 g/mol. The van der Waals surface area contributed by atoms with Gasteiger partial charge in [-0.05, 0) is 37.6 Å². The summed E-state index contributed by atoms with van der Waals surface area (Å²) >= 11 is 0. The average Bonchev–Trinajstić information content (AvgIpc) is 2.60. The number of benzene rings is 2. The summed E-state index contributed by atoms with van der Waals surface area (Å²) in [6, 6.07) is 11.6. The van der Waals surface area contributed by atoms with Crippen LogP contribution in [0.1, 0.15) is 25.0 Å². The van der Waals surface area contributed by atoms with Crippen molar-refractivity contribution in [3.05, 3.63) is 59.4 Å². The fourth-order valence-electron chi connectivity index (χ4n) is 2.49. The Morgan fingerprint density at radius 1 is 1.12 bits per heavy atom. The predicted molar refractivity (Wildman–Crippen MR) is 86.7 cm³/mol. The molecule has 3 rings (SSSR count). The van der Waals surface area contributed by atoms with Crippen molar-refractivity contribution in [2.45, 2.75) is 25.9 Å². The third kappa shape index (κ3) is 3.20. The Kier molecular flexibility index (Phi) is 4.42. The molecule has 126 valence electrons. The van der Waals surface area contributed by atoms with Crippen molar-refractivity contribution in [3.8, 4) is 11.5 Å². The van der Waals surface area contributed by atoms with Crippen molar-refractivity contribution in [1.29, 1.82) is 0 Å². The topological polar surface area (TPSA) is 44.8 Å². The van der Waals surface area contributed by atoms with E-state index in [2.05, 4.69) is 0 Å². The van der Waals surface area contributed by atoms with E-state index in [4.69, 9.17) is 14.2 Å². The molecule has 1 heterocycles. The van der Waals surface area contributed by atoms with Crippen LogP contribution in [0.2, 0.25) is 0 Å². The fourth-order valence-corrected chi connectivity index (χ4v) is 2.49. The van der Waals surface area contributed by atoms with Gasteiger partial charge in [-0.1, -0.05) is 24.3 Å². The van der Waals surface area contributed by atoms with Gasteiger partial charge in [-0.15, -0.1) is 0 Å². The van der Waals surface area contributed by atoms with Crippen LogP contribution in [0.5, 0.6) is 11.5 Å². The second-order valence-electron chi connectivity index (χ2n) is 6.15. The first-order chi connectivity index (χ1) is 11.5. The van der Waals surface area contributed by atoms with Crippen LogP contribution in [-0.2, 0) is 21.6 Å². The zero-order valence-electron chi connectivity index (χ0n) is 13.7. The standard InChI is InChI=1S/C19H19FO4/c1-19(2,14-7-8-16-17(11-14)23-10-9-22-16)18(21)24-12-13-5-3-4-6-15(13)20/h3-8,11H,9-10,12H2,1-2H3. The number of carbonyl (C=O) groups is 1. The predicted octanol–water partition coefficient (Wildman–Crippen LogP) is 3.62. The largest absolute Gasteiger partial charge is 0.486 e. The second-order valence-corrected chi connectivity index (χ2v) is 6.15. The van der Waals surface area contributed by atoms with Crippen LogP contribution < -0.4 is 9.47 Å². The third-order valence-corrected chi connectivity index (χ3v) is 4.09. The Balaban J connectivity index is 1.74. The fraction of sp³-hybridized carbons (Fsp3) is 0.316. The highest BCUT2D eigenvalue weighted by Gasteiger charge is 2.33. The number of hydrogen-bond donors (Lipinski definition) is 0. The molecule has 0 aliphatic carbocycles. The maximum Gasteiger partial charge on any atom is 0.316 e. The first kappa shape index (κ1) is 16.3. The van der Waals surface area contributed by atoms with Crippen molar-refractivity contribution in [2.75, 3.05) is 13.2 Å². The van der Waals surface area contributed by atoms with Gasteiger partial charge in [0, 0.05) is 5.56 Å². The molecule has 2 aromatic carbocycles. The van der Waals surface area contributed by atoms with Crippen molar-refractivity contribution in [3.63, 3.8) is 0 Å². The quantitative estimate of drug-likeness (QED) is 0.803. The minimum atomic E-state index is -0.888. The zero-order valence-corrected chi connectivity index (χ0v) is 13.7. The van der Waals surface area contributed by atoms with Crippen LogP contribution in [0, 0.1) is 5.82 Å². The normalized spacial score (nSPS) is 13.5. The number of ether oxygens (including phenoxy) is 3. The molecule has 1 aliphatic rings. The van der Waals surface area contributed by atoms with E-state index in [1.54, 1.807) is 44.2 Å². The molecule has 0 unspecified atom stereocenters. The Hall–Kier alpha value is -2.56. The summed E-state index contributed by atoms with van der Waals surface area (Å²) in [5.74, 6) is 0.471. The smallest absolute Gasteiger partial charge is 0.316 e. The SMILES string of the molecule is CC(C)(C(=O)OCc1ccccc1F)c1ccc2c(c1)OCCO2. The molecule has 4 nitrogen and oxygen atoms in total. The lowest BCUT2D eigenvalue weighted by Gasteiger charge is -2.26. The number of fused-ring (bicyclic) bond motifs is 1. The molecule has 0 aromatic heterocycles. The van der Waals surface area contributed by atoms with Gasteiger partial charge in [0.25, 0.3) is 0 Å². The monoisotopic (exact) mass is 330 g/mol. The highest BCUT2D eigenvalue weighted by Crippen LogP contribution is 2.35. The van der Waals surface area contributed by atoms with Gasteiger partial charge in [-0.25, -0.2) is 4.39 Å². The maximum absolute atomic E-state index is 13.6. The number of halogens is 1. The summed E-state index contributed by atoms with van der Waals surface area (Å²) in [4.78, 5) is 12.5. The van der Waals surface area contributed by atoms with E-state index in [0.29, 0.717) is 30.3 Å². The number of esters is 1. The third-order valence-electron chi connectivity index (χ3n) is 4.09. The van der Waals surface area contributed by atoms with Gasteiger partial charge in [-0.2, -0.15) is 0 Å². The van der Waals surface area contributed by atoms with Crippen molar-refractivity contribution < 1.29 is 23.4 Å². The Morgan fingerprint density at radius 2 is 1.83 bits per heavy atom. The number of carbonyl (C=O) groups excluding carboxylic acids is 1. The van der Waals surface area contributed by atoms with Crippen LogP contribution >= 0.6 is 0 Å². The van der Waals surface area contributed by atoms with Crippen LogP contribution in [0.3, 0.4) is 0 Å². The maximum atomic E-state index is 13.6. The Morgan fingerprint density at radius 3 is 2.58 bits per heavy atom. The van der Waals surface area contributed by atoms with E-state index in [1.165, 1.54) is 6.07 Å². The molecular formula is C19H19FO4. The molecule has 5 heteroatoms. The molecule has 0 amide bonds. The van der Waals surface area contributed by atoms with E-state index in [1.807, 2.05) is 6.07 Å². The summed E-state index contributed by atoms with van der Waals surface area (Å²) in [5.41, 5.74) is 0.218. The molecule has 1 aliphatic heterocycles. The average molecular weight is 330 g/mol. The van der Waals surface area contributed by atoms with E-state index < -0.39 is 11.4 Å². The van der Waals surface area contributed by atoms with Gasteiger partial charge in [-0.3, -0.25) is 4.79 Å². The van der Waals surface area contributed by atoms with Crippen LogP contribution in [0.4, 0.5) is 4.39 Å². The summed E-state index contributed by atoms with van der Waals surface area (Å²) in [5, 5.41) is 0. The van der Waals surface area contributed by atoms with Gasteiger partial charge < -0.3 is 14.2 Å². The molecule has 2 aromatic rings. The molecule has 0 N–H and O–H groups in total. The highest BCUT2D eigenvalue weighted by molar-refractivity contribution is 5.82. The van der Waals surface area contributed by atoms with Crippen LogP contribution in [-0.4, -0.2) is 19.2 Å². The summed E-state index contributed by atoms with van der Waals surface area (Å²) in [6.07, 6.45) is 0. The number of hydrogen-bond acceptors (Lipinski definition) is 4. The van der Waals surface area contributed by atoms with Gasteiger partial charge >= 0.3 is 5.97 Å². The molecule has 0 atom stereocenters. The van der Waals surface area contributed by atoms with E-state index in [9.17, 15) is 9.18 Å². The molecule has 0 radical (unpaired) electrons. The lowest BCUT2D eigenvalue weighted by Crippen LogP contribution is -2.31. The van der Waals surface area contributed by atoms with E-state index >= 15 is 0 Å². The van der Waals surface area contributed by atoms with Crippen LogP contribution in [0.15, 0.2) is 42.5 Å². The van der Waals surface area contributed by atoms with Crippen molar-refractivity contribution in [2.24, 2.45) is 0 Å². The Labute approximate surface area is 140 Å².